The smallest absolute Gasteiger partial charge is 0.267 e. The topological polar surface area (TPSA) is 96.4 Å². The number of carbonyl (C=O) groups excluding carboxylic acids is 2. The molecule has 2 heterocycles. The molecule has 0 atom stereocenters. The Morgan fingerprint density at radius 1 is 1.06 bits per heavy atom. The predicted octanol–water partition coefficient (Wildman–Crippen LogP) is 5.38. The minimum atomic E-state index is -0.393. The van der Waals surface area contributed by atoms with Crippen molar-refractivity contribution in [2.75, 3.05) is 13.2 Å². The third kappa shape index (κ3) is 6.24. The minimum absolute atomic E-state index is 0.105. The number of aromatic nitrogens is 1. The molecule has 2 amide bonds. The second kappa shape index (κ2) is 11.9. The third-order valence-corrected chi connectivity index (χ3v) is 5.89. The van der Waals surface area contributed by atoms with Crippen LogP contribution >= 0.6 is 0 Å². The first-order valence-electron chi connectivity index (χ1n) is 12.2. The molecule has 2 aromatic carbocycles. The van der Waals surface area contributed by atoms with Crippen LogP contribution in [0.4, 0.5) is 0 Å². The summed E-state index contributed by atoms with van der Waals surface area (Å²) in [5.41, 5.74) is 3.84. The third-order valence-electron chi connectivity index (χ3n) is 5.89. The Morgan fingerprint density at radius 2 is 1.86 bits per heavy atom. The van der Waals surface area contributed by atoms with E-state index < -0.39 is 11.8 Å². The van der Waals surface area contributed by atoms with Crippen LogP contribution in [0, 0.1) is 6.92 Å². The summed E-state index contributed by atoms with van der Waals surface area (Å²) in [7, 11) is 0. The number of carbonyl (C=O) groups is 2. The van der Waals surface area contributed by atoms with Gasteiger partial charge in [0.25, 0.3) is 11.8 Å². The SMILES string of the molecule is CCCCOc1ccc(C(=O)N/C(=C\c2ccco2)C(=O)NCCc2c(C)[nH]c3ccccc23)cc1. The molecule has 0 aliphatic carbocycles. The average Bonchev–Trinajstić information content (AvgIpc) is 3.51. The zero-order valence-electron chi connectivity index (χ0n) is 20.6. The fourth-order valence-electron chi connectivity index (χ4n) is 3.96. The number of aromatic amines is 1. The van der Waals surface area contributed by atoms with Crippen molar-refractivity contribution in [1.82, 2.24) is 15.6 Å². The molecular formula is C29H31N3O4. The van der Waals surface area contributed by atoms with Gasteiger partial charge in [-0.2, -0.15) is 0 Å². The number of hydrogen-bond donors (Lipinski definition) is 3. The van der Waals surface area contributed by atoms with Gasteiger partial charge in [0.2, 0.25) is 0 Å². The maximum Gasteiger partial charge on any atom is 0.267 e. The molecule has 3 N–H and O–H groups in total. The van der Waals surface area contributed by atoms with Crippen molar-refractivity contribution in [3.8, 4) is 5.75 Å². The predicted molar refractivity (Wildman–Crippen MR) is 141 cm³/mol. The molecule has 0 unspecified atom stereocenters. The number of rotatable bonds is 11. The number of unbranched alkanes of at least 4 members (excludes halogenated alkanes) is 1. The van der Waals surface area contributed by atoms with E-state index in [0.717, 1.165) is 35.0 Å². The van der Waals surface area contributed by atoms with Crippen LogP contribution in [0.15, 0.2) is 77.0 Å². The number of ether oxygens (including phenoxy) is 1. The molecule has 2 aromatic heterocycles. The number of hydrogen-bond acceptors (Lipinski definition) is 4. The lowest BCUT2D eigenvalue weighted by atomic mass is 10.1. The zero-order chi connectivity index (χ0) is 25.3. The van der Waals surface area contributed by atoms with Gasteiger partial charge in [-0.25, -0.2) is 0 Å². The number of nitrogens with one attached hydrogen (secondary N) is 3. The number of H-pyrrole nitrogens is 1. The van der Waals surface area contributed by atoms with Crippen molar-refractivity contribution >= 4 is 28.8 Å². The van der Waals surface area contributed by atoms with E-state index in [1.165, 1.54) is 12.3 Å². The normalized spacial score (nSPS) is 11.4. The maximum atomic E-state index is 13.1. The summed E-state index contributed by atoms with van der Waals surface area (Å²) in [5.74, 6) is 0.386. The molecule has 0 aliphatic heterocycles. The zero-order valence-corrected chi connectivity index (χ0v) is 20.6. The highest BCUT2D eigenvalue weighted by molar-refractivity contribution is 6.05. The van der Waals surface area contributed by atoms with Gasteiger partial charge in [-0.1, -0.05) is 31.5 Å². The summed E-state index contributed by atoms with van der Waals surface area (Å²) in [6, 6.07) is 18.4. The fourth-order valence-corrected chi connectivity index (χ4v) is 3.96. The summed E-state index contributed by atoms with van der Waals surface area (Å²) in [6.07, 6.45) is 5.71. The van der Waals surface area contributed by atoms with E-state index in [-0.39, 0.29) is 5.70 Å². The molecule has 4 rings (SSSR count). The second-order valence-electron chi connectivity index (χ2n) is 8.53. The van der Waals surface area contributed by atoms with Gasteiger partial charge >= 0.3 is 0 Å². The molecule has 7 nitrogen and oxygen atoms in total. The van der Waals surface area contributed by atoms with Gasteiger partial charge in [-0.15, -0.1) is 0 Å². The monoisotopic (exact) mass is 485 g/mol. The summed E-state index contributed by atoms with van der Waals surface area (Å²) in [5, 5.41) is 6.80. The van der Waals surface area contributed by atoms with Crippen LogP contribution in [-0.2, 0) is 11.2 Å². The van der Waals surface area contributed by atoms with E-state index >= 15 is 0 Å². The van der Waals surface area contributed by atoms with Gasteiger partial charge in [-0.3, -0.25) is 9.59 Å². The summed E-state index contributed by atoms with van der Waals surface area (Å²) < 4.78 is 11.0. The standard InChI is InChI=1S/C29H31N3O4/c1-3-4-17-35-22-13-11-21(12-14-22)28(33)32-27(19-23-8-7-18-36-23)29(34)30-16-15-24-20(2)31-26-10-6-5-9-25(24)26/h5-14,18-19,31H,3-4,15-17H2,1-2H3,(H,30,34)(H,32,33)/b27-19-. The molecule has 0 spiro atoms. The van der Waals surface area contributed by atoms with Gasteiger partial charge < -0.3 is 24.8 Å². The Hall–Kier alpha value is -4.26. The highest BCUT2D eigenvalue weighted by Crippen LogP contribution is 2.22. The number of benzene rings is 2. The molecule has 0 saturated heterocycles. The Balaban J connectivity index is 1.42. The first kappa shape index (κ1) is 24.9. The van der Waals surface area contributed by atoms with Crippen molar-refractivity contribution in [2.45, 2.75) is 33.1 Å². The quantitative estimate of drug-likeness (QED) is 0.196. The van der Waals surface area contributed by atoms with Crippen LogP contribution in [0.3, 0.4) is 0 Å². The number of fused-ring (bicyclic) bond motifs is 1. The van der Waals surface area contributed by atoms with E-state index in [1.807, 2.05) is 25.1 Å². The van der Waals surface area contributed by atoms with Crippen molar-refractivity contribution in [1.29, 1.82) is 0 Å². The van der Waals surface area contributed by atoms with Crippen LogP contribution < -0.4 is 15.4 Å². The Kier molecular flexibility index (Phi) is 8.24. The lowest BCUT2D eigenvalue weighted by Crippen LogP contribution is -2.35. The van der Waals surface area contributed by atoms with E-state index in [2.05, 4.69) is 28.6 Å². The average molecular weight is 486 g/mol. The van der Waals surface area contributed by atoms with Crippen molar-refractivity contribution < 1.29 is 18.7 Å². The largest absolute Gasteiger partial charge is 0.494 e. The van der Waals surface area contributed by atoms with E-state index in [1.54, 1.807) is 36.4 Å². The van der Waals surface area contributed by atoms with E-state index in [9.17, 15) is 9.59 Å². The Morgan fingerprint density at radius 3 is 2.61 bits per heavy atom. The molecule has 4 aromatic rings. The highest BCUT2D eigenvalue weighted by Gasteiger charge is 2.16. The molecule has 0 fully saturated rings. The van der Waals surface area contributed by atoms with Crippen LogP contribution in [0.1, 0.15) is 47.1 Å². The van der Waals surface area contributed by atoms with Gasteiger partial charge in [0, 0.05) is 34.8 Å². The molecule has 36 heavy (non-hydrogen) atoms. The lowest BCUT2D eigenvalue weighted by molar-refractivity contribution is -0.117. The molecular weight excluding hydrogens is 454 g/mol. The fraction of sp³-hybridized carbons (Fsp3) is 0.241. The maximum absolute atomic E-state index is 13.1. The van der Waals surface area contributed by atoms with Crippen LogP contribution in [0.2, 0.25) is 0 Å². The summed E-state index contributed by atoms with van der Waals surface area (Å²) in [4.78, 5) is 29.3. The van der Waals surface area contributed by atoms with Crippen molar-refractivity contribution in [3.05, 3.63) is 95.2 Å². The van der Waals surface area contributed by atoms with Crippen LogP contribution in [0.5, 0.6) is 5.75 Å². The lowest BCUT2D eigenvalue weighted by Gasteiger charge is -2.12. The Labute approximate surface area is 210 Å². The summed E-state index contributed by atoms with van der Waals surface area (Å²) in [6.45, 7) is 5.18. The molecule has 0 bridgehead atoms. The van der Waals surface area contributed by atoms with Crippen molar-refractivity contribution in [3.63, 3.8) is 0 Å². The van der Waals surface area contributed by atoms with E-state index in [4.69, 9.17) is 9.15 Å². The van der Waals surface area contributed by atoms with Crippen molar-refractivity contribution in [2.24, 2.45) is 0 Å². The molecule has 0 aliphatic rings. The molecule has 7 heteroatoms. The molecule has 0 radical (unpaired) electrons. The first-order chi connectivity index (χ1) is 17.5. The van der Waals surface area contributed by atoms with Crippen LogP contribution in [-0.4, -0.2) is 29.9 Å². The second-order valence-corrected chi connectivity index (χ2v) is 8.53. The minimum Gasteiger partial charge on any atom is -0.494 e. The van der Waals surface area contributed by atoms with E-state index in [0.29, 0.717) is 36.6 Å². The van der Waals surface area contributed by atoms with Crippen LogP contribution in [0.25, 0.3) is 17.0 Å². The number of furan rings is 1. The molecule has 0 saturated carbocycles. The van der Waals surface area contributed by atoms with Gasteiger partial charge in [-0.05, 0) is 67.8 Å². The summed E-state index contributed by atoms with van der Waals surface area (Å²) >= 11 is 0. The van der Waals surface area contributed by atoms with Gasteiger partial charge in [0.15, 0.2) is 0 Å². The number of aryl methyl sites for hydroxylation is 1. The Bertz CT molecular complexity index is 1330. The van der Waals surface area contributed by atoms with Gasteiger partial charge in [0.05, 0.1) is 12.9 Å². The number of para-hydroxylation sites is 1. The van der Waals surface area contributed by atoms with Gasteiger partial charge in [0.1, 0.15) is 17.2 Å². The highest BCUT2D eigenvalue weighted by atomic mass is 16.5. The number of amides is 2. The molecule has 186 valence electrons. The first-order valence-corrected chi connectivity index (χ1v) is 12.2.